The van der Waals surface area contributed by atoms with Crippen LogP contribution < -0.4 is 5.73 Å². The summed E-state index contributed by atoms with van der Waals surface area (Å²) in [6, 6.07) is 4.55. The number of benzene rings is 1. The molecule has 0 heterocycles. The van der Waals surface area contributed by atoms with Crippen LogP contribution in [0.25, 0.3) is 0 Å². The summed E-state index contributed by atoms with van der Waals surface area (Å²) in [4.78, 5) is -0.131. The number of aryl methyl sites for hydroxylation is 1. The fourth-order valence-corrected chi connectivity index (χ4v) is 1.59. The van der Waals surface area contributed by atoms with E-state index in [0.717, 1.165) is 5.56 Å². The standard InChI is InChI=1S/C7H9NO3S/c1-5-2-3-7(6(8)4-5)12(9,10)11/h2-4H,8H2,1H3,(H,9,10,11)/p+1. The Balaban J connectivity index is 3.39. The molecule has 5 heteroatoms. The van der Waals surface area contributed by atoms with Crippen LogP contribution in [-0.4, -0.2) is 13.0 Å². The van der Waals surface area contributed by atoms with Crippen molar-refractivity contribution in [2.45, 2.75) is 11.8 Å². The Morgan fingerprint density at radius 3 is 2.42 bits per heavy atom. The third-order valence-corrected chi connectivity index (χ3v) is 2.45. The predicted octanol–water partition coefficient (Wildman–Crippen LogP) is 0.115. The highest BCUT2D eigenvalue weighted by atomic mass is 32.2. The van der Waals surface area contributed by atoms with Gasteiger partial charge in [-0.25, -0.2) is 0 Å². The maximum Gasteiger partial charge on any atom is 0.300 e. The van der Waals surface area contributed by atoms with Crippen molar-refractivity contribution >= 4 is 15.8 Å². The SMILES string of the molecule is Cc1ccc(S(=O)(=O)O)c([NH3+])c1. The molecule has 0 unspecified atom stereocenters. The second-order valence-electron chi connectivity index (χ2n) is 2.59. The smallest absolute Gasteiger partial charge is 0.300 e. The number of rotatable bonds is 1. The Morgan fingerprint density at radius 1 is 1.42 bits per heavy atom. The Kier molecular flexibility index (Phi) is 2.18. The molecular weight excluding hydrogens is 178 g/mol. The minimum absolute atomic E-state index is 0.131. The fourth-order valence-electron chi connectivity index (χ4n) is 0.960. The first-order valence-electron chi connectivity index (χ1n) is 3.31. The van der Waals surface area contributed by atoms with Crippen molar-refractivity contribution in [1.82, 2.24) is 0 Å². The summed E-state index contributed by atoms with van der Waals surface area (Å²) in [5.74, 6) is 0. The van der Waals surface area contributed by atoms with Gasteiger partial charge in [0.25, 0.3) is 10.1 Å². The van der Waals surface area contributed by atoms with Gasteiger partial charge in [-0.05, 0) is 18.6 Å². The van der Waals surface area contributed by atoms with Gasteiger partial charge in [0.05, 0.1) is 0 Å². The molecule has 1 aromatic carbocycles. The molecule has 4 nitrogen and oxygen atoms in total. The van der Waals surface area contributed by atoms with Crippen LogP contribution in [0.4, 0.5) is 5.69 Å². The quantitative estimate of drug-likeness (QED) is 0.614. The molecular formula is C7H10NO3S+. The molecule has 0 aliphatic rings. The summed E-state index contributed by atoms with van der Waals surface area (Å²) in [5, 5.41) is 0. The molecule has 0 aliphatic carbocycles. The molecule has 0 radical (unpaired) electrons. The van der Waals surface area contributed by atoms with Gasteiger partial charge < -0.3 is 5.73 Å². The van der Waals surface area contributed by atoms with Crippen LogP contribution in [0, 0.1) is 6.92 Å². The van der Waals surface area contributed by atoms with E-state index in [1.807, 2.05) is 6.92 Å². The Bertz CT molecular complexity index is 397. The van der Waals surface area contributed by atoms with E-state index < -0.39 is 10.1 Å². The van der Waals surface area contributed by atoms with Gasteiger partial charge in [0.1, 0.15) is 5.69 Å². The van der Waals surface area contributed by atoms with Crippen molar-refractivity contribution in [2.24, 2.45) is 0 Å². The minimum atomic E-state index is -4.11. The molecule has 0 spiro atoms. The van der Waals surface area contributed by atoms with Crippen molar-refractivity contribution in [1.29, 1.82) is 0 Å². The van der Waals surface area contributed by atoms with Crippen LogP contribution in [0.15, 0.2) is 23.1 Å². The second-order valence-corrected chi connectivity index (χ2v) is 3.98. The largest absolute Gasteiger partial charge is 0.324 e. The summed E-state index contributed by atoms with van der Waals surface area (Å²) in [6.45, 7) is 1.82. The molecule has 0 aliphatic heterocycles. The summed E-state index contributed by atoms with van der Waals surface area (Å²) in [7, 11) is -4.11. The van der Waals surface area contributed by atoms with Crippen LogP contribution in [-0.2, 0) is 10.1 Å². The van der Waals surface area contributed by atoms with E-state index >= 15 is 0 Å². The third kappa shape index (κ3) is 1.82. The molecule has 0 atom stereocenters. The summed E-state index contributed by atoms with van der Waals surface area (Å²) in [6.07, 6.45) is 0. The zero-order chi connectivity index (χ0) is 9.35. The highest BCUT2D eigenvalue weighted by Crippen LogP contribution is 2.16. The van der Waals surface area contributed by atoms with Gasteiger partial charge >= 0.3 is 0 Å². The lowest BCUT2D eigenvalue weighted by molar-refractivity contribution is -0.258. The van der Waals surface area contributed by atoms with Gasteiger partial charge in [-0.3, -0.25) is 4.55 Å². The topological polar surface area (TPSA) is 82.0 Å². The molecule has 12 heavy (non-hydrogen) atoms. The van der Waals surface area contributed by atoms with E-state index in [1.54, 1.807) is 12.1 Å². The van der Waals surface area contributed by atoms with E-state index in [2.05, 4.69) is 5.73 Å². The third-order valence-electron chi connectivity index (χ3n) is 1.49. The van der Waals surface area contributed by atoms with Crippen molar-refractivity contribution in [2.75, 3.05) is 0 Å². The van der Waals surface area contributed by atoms with Crippen LogP contribution in [0.3, 0.4) is 0 Å². The first kappa shape index (κ1) is 9.18. The maximum absolute atomic E-state index is 10.7. The monoisotopic (exact) mass is 188 g/mol. The fraction of sp³-hybridized carbons (Fsp3) is 0.143. The molecule has 0 aromatic heterocycles. The summed E-state index contributed by atoms with van der Waals surface area (Å²) >= 11 is 0. The molecule has 0 saturated carbocycles. The van der Waals surface area contributed by atoms with Gasteiger partial charge in [0, 0.05) is 6.07 Å². The molecule has 4 N–H and O–H groups in total. The van der Waals surface area contributed by atoms with Crippen LogP contribution in [0.5, 0.6) is 0 Å². The Hall–Kier alpha value is -0.910. The van der Waals surface area contributed by atoms with Gasteiger partial charge in [-0.15, -0.1) is 0 Å². The van der Waals surface area contributed by atoms with E-state index in [0.29, 0.717) is 5.69 Å². The number of hydrogen-bond donors (Lipinski definition) is 2. The van der Waals surface area contributed by atoms with Crippen molar-refractivity contribution in [3.63, 3.8) is 0 Å². The average Bonchev–Trinajstić information content (AvgIpc) is 1.83. The molecule has 1 aromatic rings. The maximum atomic E-state index is 10.7. The minimum Gasteiger partial charge on any atom is -0.324 e. The zero-order valence-electron chi connectivity index (χ0n) is 6.61. The van der Waals surface area contributed by atoms with Gasteiger partial charge in [-0.1, -0.05) is 6.07 Å². The van der Waals surface area contributed by atoms with E-state index in [4.69, 9.17) is 4.55 Å². The predicted molar refractivity (Wildman–Crippen MR) is 43.5 cm³/mol. The zero-order valence-corrected chi connectivity index (χ0v) is 7.43. The lowest BCUT2D eigenvalue weighted by atomic mass is 10.2. The molecule has 1 rings (SSSR count). The molecule has 0 bridgehead atoms. The Morgan fingerprint density at radius 2 is 2.00 bits per heavy atom. The lowest BCUT2D eigenvalue weighted by Crippen LogP contribution is -2.41. The summed E-state index contributed by atoms with van der Waals surface area (Å²) < 4.78 is 30.1. The van der Waals surface area contributed by atoms with Gasteiger partial charge in [0.15, 0.2) is 4.90 Å². The second kappa shape index (κ2) is 2.85. The van der Waals surface area contributed by atoms with Crippen molar-refractivity contribution in [3.8, 4) is 0 Å². The molecule has 66 valence electrons. The average molecular weight is 188 g/mol. The molecule has 0 saturated heterocycles. The van der Waals surface area contributed by atoms with Crippen LogP contribution in [0.2, 0.25) is 0 Å². The van der Waals surface area contributed by atoms with E-state index in [9.17, 15) is 8.42 Å². The van der Waals surface area contributed by atoms with Gasteiger partial charge in [-0.2, -0.15) is 8.42 Å². The highest BCUT2D eigenvalue weighted by Gasteiger charge is 2.15. The van der Waals surface area contributed by atoms with Crippen LogP contribution in [0.1, 0.15) is 5.56 Å². The number of quaternary nitrogens is 1. The van der Waals surface area contributed by atoms with Crippen LogP contribution >= 0.6 is 0 Å². The first-order valence-corrected chi connectivity index (χ1v) is 4.75. The molecule has 0 amide bonds. The number of hydrogen-bond acceptors (Lipinski definition) is 2. The summed E-state index contributed by atoms with van der Waals surface area (Å²) in [5.41, 5.74) is 4.74. The van der Waals surface area contributed by atoms with E-state index in [-0.39, 0.29) is 4.90 Å². The van der Waals surface area contributed by atoms with Crippen molar-refractivity contribution in [3.05, 3.63) is 23.8 Å². The van der Waals surface area contributed by atoms with Crippen molar-refractivity contribution < 1.29 is 18.7 Å². The first-order chi connectivity index (χ1) is 5.41. The normalized spacial score (nSPS) is 11.6. The van der Waals surface area contributed by atoms with E-state index in [1.165, 1.54) is 6.07 Å². The van der Waals surface area contributed by atoms with Gasteiger partial charge in [0.2, 0.25) is 0 Å². The molecule has 0 fully saturated rings. The highest BCUT2D eigenvalue weighted by molar-refractivity contribution is 7.86. The Labute approximate surface area is 70.8 Å². The lowest BCUT2D eigenvalue weighted by Gasteiger charge is -1.98.